The number of aliphatic imine (C=N–C) groups is 1. The minimum Gasteiger partial charge on any atom is -0.497 e. The summed E-state index contributed by atoms with van der Waals surface area (Å²) in [6.45, 7) is 2.08. The SMILES string of the molecule is COc1ccc(C2=NN(c3ccc(C=Nc4ccc(C)cc4)cc3)C(c3ccc(OC)cc3)C2)cc1. The van der Waals surface area contributed by atoms with E-state index < -0.39 is 0 Å². The standard InChI is InChI=1S/C31H29N3O2/c1-22-4-12-26(13-5-22)32-21-23-6-14-27(15-7-23)34-31(25-10-18-29(36-3)19-11-25)20-30(33-34)24-8-16-28(35-2)17-9-24/h4-19,21,31H,20H2,1-3H3. The maximum atomic E-state index is 5.36. The fraction of sp³-hybridized carbons (Fsp3) is 0.161. The molecule has 0 saturated carbocycles. The third-order valence-corrected chi connectivity index (χ3v) is 6.39. The first-order chi connectivity index (χ1) is 17.6. The molecule has 5 nitrogen and oxygen atoms in total. The van der Waals surface area contributed by atoms with Crippen LogP contribution in [-0.2, 0) is 0 Å². The summed E-state index contributed by atoms with van der Waals surface area (Å²) in [5.41, 5.74) is 7.57. The Balaban J connectivity index is 1.43. The normalized spacial score (nSPS) is 15.2. The number of hydrogen-bond acceptors (Lipinski definition) is 5. The average molecular weight is 476 g/mol. The minimum absolute atomic E-state index is 0.0834. The molecule has 0 saturated heterocycles. The van der Waals surface area contributed by atoms with Gasteiger partial charge in [0.05, 0.1) is 37.3 Å². The second-order valence-electron chi connectivity index (χ2n) is 8.80. The van der Waals surface area contributed by atoms with Crippen molar-refractivity contribution in [1.82, 2.24) is 0 Å². The van der Waals surface area contributed by atoms with E-state index in [2.05, 4.69) is 77.6 Å². The fourth-order valence-corrected chi connectivity index (χ4v) is 4.28. The Hall–Kier alpha value is -4.38. The lowest BCUT2D eigenvalue weighted by Gasteiger charge is -2.24. The number of nitrogens with zero attached hydrogens (tertiary/aromatic N) is 3. The van der Waals surface area contributed by atoms with Gasteiger partial charge >= 0.3 is 0 Å². The Bertz CT molecular complexity index is 1360. The number of ether oxygens (including phenoxy) is 2. The highest BCUT2D eigenvalue weighted by Gasteiger charge is 2.30. The van der Waals surface area contributed by atoms with Crippen molar-refractivity contribution in [3.05, 3.63) is 119 Å². The summed E-state index contributed by atoms with van der Waals surface area (Å²) in [7, 11) is 3.37. The molecule has 0 aromatic heterocycles. The molecule has 0 N–H and O–H groups in total. The fourth-order valence-electron chi connectivity index (χ4n) is 4.28. The topological polar surface area (TPSA) is 46.4 Å². The van der Waals surface area contributed by atoms with Crippen molar-refractivity contribution in [2.75, 3.05) is 19.2 Å². The molecule has 0 fully saturated rings. The molecule has 1 aliphatic heterocycles. The van der Waals surface area contributed by atoms with E-state index in [4.69, 9.17) is 14.6 Å². The summed E-state index contributed by atoms with van der Waals surface area (Å²) >= 11 is 0. The van der Waals surface area contributed by atoms with Gasteiger partial charge in [0.1, 0.15) is 11.5 Å². The zero-order valence-electron chi connectivity index (χ0n) is 20.8. The minimum atomic E-state index is 0.0834. The molecule has 5 heteroatoms. The molecule has 0 aliphatic carbocycles. The predicted octanol–water partition coefficient (Wildman–Crippen LogP) is 7.12. The Morgan fingerprint density at radius 3 is 2.00 bits per heavy atom. The van der Waals surface area contributed by atoms with Gasteiger partial charge in [-0.3, -0.25) is 10.0 Å². The smallest absolute Gasteiger partial charge is 0.118 e. The van der Waals surface area contributed by atoms with E-state index in [-0.39, 0.29) is 6.04 Å². The first-order valence-electron chi connectivity index (χ1n) is 12.0. The molecule has 180 valence electrons. The number of anilines is 1. The lowest BCUT2D eigenvalue weighted by molar-refractivity contribution is 0.414. The van der Waals surface area contributed by atoms with Gasteiger partial charge in [0.25, 0.3) is 0 Å². The van der Waals surface area contributed by atoms with E-state index >= 15 is 0 Å². The van der Waals surface area contributed by atoms with Crippen LogP contribution >= 0.6 is 0 Å². The Morgan fingerprint density at radius 1 is 0.778 bits per heavy atom. The van der Waals surface area contributed by atoms with E-state index in [1.807, 2.05) is 42.6 Å². The predicted molar refractivity (Wildman–Crippen MR) is 147 cm³/mol. The highest BCUT2D eigenvalue weighted by atomic mass is 16.5. The molecule has 0 spiro atoms. The van der Waals surface area contributed by atoms with Crippen LogP contribution < -0.4 is 14.5 Å². The molecule has 1 heterocycles. The number of hydrogen-bond donors (Lipinski definition) is 0. The van der Waals surface area contributed by atoms with Crippen molar-refractivity contribution in [2.45, 2.75) is 19.4 Å². The summed E-state index contributed by atoms with van der Waals surface area (Å²) in [6.07, 6.45) is 2.70. The number of rotatable bonds is 7. The summed E-state index contributed by atoms with van der Waals surface area (Å²) in [6, 6.07) is 33.0. The van der Waals surface area contributed by atoms with Crippen molar-refractivity contribution in [3.8, 4) is 11.5 Å². The number of hydrazone groups is 1. The molecular formula is C31H29N3O2. The highest BCUT2D eigenvalue weighted by Crippen LogP contribution is 2.37. The first-order valence-corrected chi connectivity index (χ1v) is 12.0. The van der Waals surface area contributed by atoms with Gasteiger partial charge < -0.3 is 9.47 Å². The van der Waals surface area contributed by atoms with Crippen LogP contribution in [0.25, 0.3) is 0 Å². The summed E-state index contributed by atoms with van der Waals surface area (Å²) in [5.74, 6) is 1.68. The molecule has 1 unspecified atom stereocenters. The van der Waals surface area contributed by atoms with Gasteiger partial charge in [-0.15, -0.1) is 0 Å². The Kier molecular flexibility index (Phi) is 6.80. The molecule has 0 radical (unpaired) electrons. The summed E-state index contributed by atoms with van der Waals surface area (Å²) in [4.78, 5) is 4.60. The van der Waals surface area contributed by atoms with Crippen LogP contribution in [0.2, 0.25) is 0 Å². The number of methoxy groups -OCH3 is 2. The zero-order valence-corrected chi connectivity index (χ0v) is 20.8. The van der Waals surface area contributed by atoms with Crippen molar-refractivity contribution >= 4 is 23.3 Å². The highest BCUT2D eigenvalue weighted by molar-refractivity contribution is 6.03. The van der Waals surface area contributed by atoms with Gasteiger partial charge in [0.15, 0.2) is 0 Å². The Labute approximate surface area is 212 Å². The molecule has 0 bridgehead atoms. The molecule has 1 aliphatic rings. The first kappa shape index (κ1) is 23.4. The van der Waals surface area contributed by atoms with E-state index in [1.54, 1.807) is 14.2 Å². The van der Waals surface area contributed by atoms with Gasteiger partial charge in [0, 0.05) is 12.6 Å². The summed E-state index contributed by atoms with van der Waals surface area (Å²) < 4.78 is 10.7. The quantitative estimate of drug-likeness (QED) is 0.267. The van der Waals surface area contributed by atoms with Gasteiger partial charge in [-0.05, 0) is 84.3 Å². The monoisotopic (exact) mass is 475 g/mol. The summed E-state index contributed by atoms with van der Waals surface area (Å²) in [5, 5.41) is 7.17. The molecule has 4 aromatic rings. The molecule has 1 atom stereocenters. The van der Waals surface area contributed by atoms with Gasteiger partial charge in [0.2, 0.25) is 0 Å². The van der Waals surface area contributed by atoms with Crippen LogP contribution in [0.3, 0.4) is 0 Å². The lowest BCUT2D eigenvalue weighted by atomic mass is 9.98. The maximum Gasteiger partial charge on any atom is 0.118 e. The molecule has 0 amide bonds. The third-order valence-electron chi connectivity index (χ3n) is 6.39. The van der Waals surface area contributed by atoms with E-state index in [9.17, 15) is 0 Å². The van der Waals surface area contributed by atoms with Crippen LogP contribution in [0.15, 0.2) is 107 Å². The Morgan fingerprint density at radius 2 is 1.39 bits per heavy atom. The molecule has 5 rings (SSSR count). The van der Waals surface area contributed by atoms with Crippen molar-refractivity contribution < 1.29 is 9.47 Å². The molecular weight excluding hydrogens is 446 g/mol. The second kappa shape index (κ2) is 10.5. The van der Waals surface area contributed by atoms with Crippen LogP contribution in [0, 0.1) is 6.92 Å². The van der Waals surface area contributed by atoms with E-state index in [0.717, 1.165) is 46.1 Å². The lowest BCUT2D eigenvalue weighted by Crippen LogP contribution is -2.18. The molecule has 36 heavy (non-hydrogen) atoms. The van der Waals surface area contributed by atoms with Crippen LogP contribution in [0.5, 0.6) is 11.5 Å². The van der Waals surface area contributed by atoms with E-state index in [0.29, 0.717) is 0 Å². The maximum absolute atomic E-state index is 5.36. The van der Waals surface area contributed by atoms with Crippen LogP contribution in [0.1, 0.15) is 34.7 Å². The number of benzene rings is 4. The van der Waals surface area contributed by atoms with E-state index in [1.165, 1.54) is 11.1 Å². The second-order valence-corrected chi connectivity index (χ2v) is 8.80. The largest absolute Gasteiger partial charge is 0.497 e. The van der Waals surface area contributed by atoms with Crippen LogP contribution in [-0.4, -0.2) is 26.1 Å². The van der Waals surface area contributed by atoms with Crippen molar-refractivity contribution in [3.63, 3.8) is 0 Å². The third kappa shape index (κ3) is 5.15. The number of aryl methyl sites for hydroxylation is 1. The van der Waals surface area contributed by atoms with Crippen molar-refractivity contribution in [2.24, 2.45) is 10.1 Å². The van der Waals surface area contributed by atoms with Gasteiger partial charge in [-0.1, -0.05) is 42.0 Å². The zero-order chi connectivity index (χ0) is 24.9. The molecule has 4 aromatic carbocycles. The average Bonchev–Trinajstić information content (AvgIpc) is 3.39. The van der Waals surface area contributed by atoms with Gasteiger partial charge in [-0.2, -0.15) is 5.10 Å². The van der Waals surface area contributed by atoms with Crippen LogP contribution in [0.4, 0.5) is 11.4 Å². The van der Waals surface area contributed by atoms with Crippen molar-refractivity contribution in [1.29, 1.82) is 0 Å². The van der Waals surface area contributed by atoms with Gasteiger partial charge in [-0.25, -0.2) is 0 Å².